The molecule has 0 bridgehead atoms. The third kappa shape index (κ3) is 4.37. The first-order valence-corrected chi connectivity index (χ1v) is 8.02. The minimum Gasteiger partial charge on any atom is -0.444 e. The highest BCUT2D eigenvalue weighted by molar-refractivity contribution is 6.44. The molecule has 2 rings (SSSR count). The predicted molar refractivity (Wildman–Crippen MR) is 88.3 cm³/mol. The van der Waals surface area contributed by atoms with E-state index in [0.29, 0.717) is 6.61 Å². The number of carbonyl (C=O) groups is 2. The van der Waals surface area contributed by atoms with Gasteiger partial charge in [0.25, 0.3) is 0 Å². The molecule has 1 aromatic rings. The lowest BCUT2D eigenvalue weighted by Gasteiger charge is -2.35. The van der Waals surface area contributed by atoms with Crippen molar-refractivity contribution in [3.63, 3.8) is 0 Å². The Kier molecular flexibility index (Phi) is 5.55. The quantitative estimate of drug-likeness (QED) is 0.753. The molecule has 1 aliphatic heterocycles. The number of amides is 1. The average molecular weight is 360 g/mol. The largest absolute Gasteiger partial charge is 0.444 e. The van der Waals surface area contributed by atoms with E-state index in [2.05, 4.69) is 0 Å². The molecular weight excluding hydrogens is 341 g/mol. The van der Waals surface area contributed by atoms with Crippen molar-refractivity contribution >= 4 is 35.1 Å². The molecule has 126 valence electrons. The highest BCUT2D eigenvalue weighted by Gasteiger charge is 2.36. The first-order valence-electron chi connectivity index (χ1n) is 7.26. The topological polar surface area (TPSA) is 55.8 Å². The molecule has 0 spiro atoms. The molecule has 1 unspecified atom stereocenters. The van der Waals surface area contributed by atoms with Gasteiger partial charge >= 0.3 is 6.09 Å². The molecule has 7 heteroatoms. The summed E-state index contributed by atoms with van der Waals surface area (Å²) in [5.74, 6) is -0.317. The number of rotatable bonds is 2. The number of benzene rings is 1. The molecule has 1 heterocycles. The van der Waals surface area contributed by atoms with Gasteiger partial charge in [-0.25, -0.2) is 4.79 Å². The normalized spacial score (nSPS) is 18.7. The zero-order valence-corrected chi connectivity index (χ0v) is 14.8. The second-order valence-corrected chi connectivity index (χ2v) is 7.02. The van der Waals surface area contributed by atoms with Gasteiger partial charge in [-0.05, 0) is 32.9 Å². The van der Waals surface area contributed by atoms with Crippen LogP contribution in [0.2, 0.25) is 10.0 Å². The van der Waals surface area contributed by atoms with Crippen LogP contribution in [0.25, 0.3) is 0 Å². The molecule has 0 N–H and O–H groups in total. The number of halogens is 2. The number of carbonyl (C=O) groups excluding carboxylic acids is 2. The van der Waals surface area contributed by atoms with Gasteiger partial charge < -0.3 is 9.47 Å². The maximum atomic E-state index is 12.8. The third-order valence-corrected chi connectivity index (χ3v) is 4.10. The van der Waals surface area contributed by atoms with E-state index in [4.69, 9.17) is 32.7 Å². The lowest BCUT2D eigenvalue weighted by atomic mass is 10.0. The Balaban J connectivity index is 2.25. The van der Waals surface area contributed by atoms with Crippen LogP contribution in [0.3, 0.4) is 0 Å². The van der Waals surface area contributed by atoms with Crippen LogP contribution < -0.4 is 0 Å². The lowest BCUT2D eigenvalue weighted by molar-refractivity contribution is -0.0265. The van der Waals surface area contributed by atoms with Gasteiger partial charge in [-0.3, -0.25) is 9.69 Å². The van der Waals surface area contributed by atoms with Gasteiger partial charge in [0.1, 0.15) is 11.6 Å². The summed E-state index contributed by atoms with van der Waals surface area (Å²) >= 11 is 12.1. The van der Waals surface area contributed by atoms with Gasteiger partial charge in [-0.1, -0.05) is 29.3 Å². The maximum Gasteiger partial charge on any atom is 0.411 e. The van der Waals surface area contributed by atoms with Gasteiger partial charge in [-0.2, -0.15) is 0 Å². The molecule has 23 heavy (non-hydrogen) atoms. The van der Waals surface area contributed by atoms with Crippen molar-refractivity contribution in [2.45, 2.75) is 32.4 Å². The number of hydrogen-bond donors (Lipinski definition) is 0. The SMILES string of the molecule is CC(C)(C)OC(=O)N1CCOCC1C(=O)c1cccc(Cl)c1Cl. The van der Waals surface area contributed by atoms with Gasteiger partial charge in [0.05, 0.1) is 23.3 Å². The summed E-state index contributed by atoms with van der Waals surface area (Å²) in [4.78, 5) is 26.5. The standard InChI is InChI=1S/C16H19Cl2NO4/c1-16(2,3)23-15(21)19-7-8-22-9-12(19)14(20)10-5-4-6-11(17)13(10)18/h4-6,12H,7-9H2,1-3H3. The molecule has 1 fully saturated rings. The van der Waals surface area contributed by atoms with Crippen LogP contribution in [-0.4, -0.2) is 48.2 Å². The summed E-state index contributed by atoms with van der Waals surface area (Å²) in [5.41, 5.74) is -0.375. The summed E-state index contributed by atoms with van der Waals surface area (Å²) in [6, 6.07) is 4.04. The second kappa shape index (κ2) is 7.07. The van der Waals surface area contributed by atoms with Gasteiger partial charge in [0.15, 0.2) is 5.78 Å². The van der Waals surface area contributed by atoms with E-state index in [-0.39, 0.29) is 34.5 Å². The monoisotopic (exact) mass is 359 g/mol. The molecule has 1 aliphatic rings. The van der Waals surface area contributed by atoms with Crippen LogP contribution in [0.1, 0.15) is 31.1 Å². The third-order valence-electron chi connectivity index (χ3n) is 3.28. The molecule has 1 saturated heterocycles. The summed E-state index contributed by atoms with van der Waals surface area (Å²) in [5, 5.41) is 0.465. The first-order chi connectivity index (χ1) is 10.7. The Labute approximate surface area is 145 Å². The molecule has 0 radical (unpaired) electrons. The zero-order valence-electron chi connectivity index (χ0n) is 13.3. The lowest BCUT2D eigenvalue weighted by Crippen LogP contribution is -2.53. The minimum absolute atomic E-state index is 0.0981. The van der Waals surface area contributed by atoms with Crippen molar-refractivity contribution in [2.24, 2.45) is 0 Å². The van der Waals surface area contributed by atoms with Crippen molar-refractivity contribution in [1.82, 2.24) is 4.90 Å². The fraction of sp³-hybridized carbons (Fsp3) is 0.500. The van der Waals surface area contributed by atoms with E-state index in [9.17, 15) is 9.59 Å². The number of ketones is 1. The van der Waals surface area contributed by atoms with E-state index in [1.54, 1.807) is 39.0 Å². The van der Waals surface area contributed by atoms with Crippen LogP contribution in [-0.2, 0) is 9.47 Å². The number of ether oxygens (including phenoxy) is 2. The molecular formula is C16H19Cl2NO4. The van der Waals surface area contributed by atoms with Crippen LogP contribution in [0, 0.1) is 0 Å². The predicted octanol–water partition coefficient (Wildman–Crippen LogP) is 3.81. The van der Waals surface area contributed by atoms with Crippen LogP contribution in [0.4, 0.5) is 4.79 Å². The summed E-state index contributed by atoms with van der Waals surface area (Å²) in [6.07, 6.45) is -0.544. The average Bonchev–Trinajstić information content (AvgIpc) is 2.47. The molecule has 0 saturated carbocycles. The number of nitrogens with zero attached hydrogens (tertiary/aromatic N) is 1. The zero-order chi connectivity index (χ0) is 17.2. The summed E-state index contributed by atoms with van der Waals surface area (Å²) in [6.45, 7) is 6.05. The Morgan fingerprint density at radius 1 is 1.30 bits per heavy atom. The molecule has 0 aromatic heterocycles. The highest BCUT2D eigenvalue weighted by Crippen LogP contribution is 2.28. The minimum atomic E-state index is -0.783. The van der Waals surface area contributed by atoms with Gasteiger partial charge in [-0.15, -0.1) is 0 Å². The second-order valence-electron chi connectivity index (χ2n) is 6.23. The van der Waals surface area contributed by atoms with Crippen LogP contribution >= 0.6 is 23.2 Å². The van der Waals surface area contributed by atoms with Crippen LogP contribution in [0.15, 0.2) is 18.2 Å². The fourth-order valence-corrected chi connectivity index (χ4v) is 2.63. The summed E-state index contributed by atoms with van der Waals surface area (Å²) < 4.78 is 10.7. The number of hydrogen-bond acceptors (Lipinski definition) is 4. The Morgan fingerprint density at radius 3 is 2.65 bits per heavy atom. The van der Waals surface area contributed by atoms with Gasteiger partial charge in [0, 0.05) is 12.1 Å². The smallest absolute Gasteiger partial charge is 0.411 e. The Hall–Kier alpha value is -1.30. The van der Waals surface area contributed by atoms with E-state index < -0.39 is 17.7 Å². The van der Waals surface area contributed by atoms with Crippen molar-refractivity contribution in [3.05, 3.63) is 33.8 Å². The van der Waals surface area contributed by atoms with E-state index in [0.717, 1.165) is 0 Å². The molecule has 0 aliphatic carbocycles. The van der Waals surface area contributed by atoms with Crippen molar-refractivity contribution < 1.29 is 19.1 Å². The highest BCUT2D eigenvalue weighted by atomic mass is 35.5. The molecule has 5 nitrogen and oxygen atoms in total. The molecule has 1 aromatic carbocycles. The number of morpholine rings is 1. The van der Waals surface area contributed by atoms with Gasteiger partial charge in [0.2, 0.25) is 0 Å². The first kappa shape index (κ1) is 18.0. The molecule has 1 amide bonds. The van der Waals surface area contributed by atoms with Crippen molar-refractivity contribution in [2.75, 3.05) is 19.8 Å². The van der Waals surface area contributed by atoms with E-state index in [1.165, 1.54) is 4.90 Å². The Bertz CT molecular complexity index is 613. The summed E-state index contributed by atoms with van der Waals surface area (Å²) in [7, 11) is 0. The van der Waals surface area contributed by atoms with Crippen LogP contribution in [0.5, 0.6) is 0 Å². The van der Waals surface area contributed by atoms with E-state index in [1.807, 2.05) is 0 Å². The Morgan fingerprint density at radius 2 is 2.00 bits per heavy atom. The van der Waals surface area contributed by atoms with Crippen molar-refractivity contribution in [1.29, 1.82) is 0 Å². The van der Waals surface area contributed by atoms with E-state index >= 15 is 0 Å². The fourth-order valence-electron chi connectivity index (χ4n) is 2.23. The van der Waals surface area contributed by atoms with Crippen molar-refractivity contribution in [3.8, 4) is 0 Å². The maximum absolute atomic E-state index is 12.8. The molecule has 1 atom stereocenters. The number of Topliss-reactive ketones (excluding diaryl/α,β-unsaturated/α-hetero) is 1.